The Morgan fingerprint density at radius 3 is 2.59 bits per heavy atom. The maximum atomic E-state index is 11.1. The van der Waals surface area contributed by atoms with E-state index in [9.17, 15) is 14.9 Å². The van der Waals surface area contributed by atoms with E-state index in [1.165, 1.54) is 19.1 Å². The van der Waals surface area contributed by atoms with Gasteiger partial charge in [0.25, 0.3) is 0 Å². The maximum absolute atomic E-state index is 11.1. The molecule has 5 heteroatoms. The molecule has 0 bridgehead atoms. The number of nitro groups is 1. The molecule has 0 radical (unpaired) electrons. The van der Waals surface area contributed by atoms with Crippen LogP contribution in [0, 0.1) is 10.1 Å². The van der Waals surface area contributed by atoms with E-state index < -0.39 is 4.92 Å². The Morgan fingerprint density at radius 1 is 1.23 bits per heavy atom. The summed E-state index contributed by atoms with van der Waals surface area (Å²) in [5.74, 6) is 0.0876. The van der Waals surface area contributed by atoms with Crippen LogP contribution >= 0.6 is 0 Å². The number of hydrogen-bond donors (Lipinski definition) is 0. The van der Waals surface area contributed by atoms with Crippen molar-refractivity contribution < 1.29 is 14.5 Å². The van der Waals surface area contributed by atoms with Crippen LogP contribution in [0.2, 0.25) is 0 Å². The molecule has 0 saturated heterocycles. The third-order valence-electron chi connectivity index (χ3n) is 2.93. The zero-order valence-electron chi connectivity index (χ0n) is 12.1. The van der Waals surface area contributed by atoms with Crippen molar-refractivity contribution in [3.8, 4) is 5.75 Å². The van der Waals surface area contributed by atoms with Crippen LogP contribution in [0.4, 0.5) is 5.69 Å². The number of rotatable bonds is 6. The number of ether oxygens (including phenoxy) is 1. The number of nitrogens with zero attached hydrogens (tertiary/aromatic N) is 1. The third kappa shape index (κ3) is 4.28. The summed E-state index contributed by atoms with van der Waals surface area (Å²) in [5.41, 5.74) is 1.49. The number of allylic oxidation sites excluding steroid dienone is 1. The lowest BCUT2D eigenvalue weighted by molar-refractivity contribution is -0.385. The highest BCUT2D eigenvalue weighted by atomic mass is 16.6. The monoisotopic (exact) mass is 297 g/mol. The average Bonchev–Trinajstić information content (AvgIpc) is 2.51. The fourth-order valence-corrected chi connectivity index (χ4v) is 1.85. The van der Waals surface area contributed by atoms with E-state index in [4.69, 9.17) is 4.74 Å². The van der Waals surface area contributed by atoms with Crippen LogP contribution in [0.15, 0.2) is 54.6 Å². The zero-order chi connectivity index (χ0) is 15.9. The minimum Gasteiger partial charge on any atom is -0.482 e. The van der Waals surface area contributed by atoms with Gasteiger partial charge >= 0.3 is 5.69 Å². The molecule has 0 heterocycles. The largest absolute Gasteiger partial charge is 0.482 e. The molecule has 112 valence electrons. The molecule has 0 aromatic heterocycles. The van der Waals surface area contributed by atoms with E-state index in [2.05, 4.69) is 0 Å². The molecule has 0 amide bonds. The van der Waals surface area contributed by atoms with E-state index in [0.29, 0.717) is 5.56 Å². The van der Waals surface area contributed by atoms with E-state index in [-0.39, 0.29) is 23.8 Å². The first-order valence-electron chi connectivity index (χ1n) is 6.70. The Labute approximate surface area is 128 Å². The molecule has 5 nitrogen and oxygen atoms in total. The van der Waals surface area contributed by atoms with Gasteiger partial charge in [-0.05, 0) is 36.3 Å². The number of nitro benzene ring substituents is 1. The summed E-state index contributed by atoms with van der Waals surface area (Å²) in [5, 5.41) is 11.1. The second-order valence-electron chi connectivity index (χ2n) is 4.70. The fourth-order valence-electron chi connectivity index (χ4n) is 1.85. The Bertz CT molecular complexity index is 708. The third-order valence-corrected chi connectivity index (χ3v) is 2.93. The van der Waals surface area contributed by atoms with E-state index in [0.717, 1.165) is 5.56 Å². The first kappa shape index (κ1) is 15.4. The summed E-state index contributed by atoms with van der Waals surface area (Å²) < 4.78 is 5.57. The lowest BCUT2D eigenvalue weighted by atomic mass is 10.1. The van der Waals surface area contributed by atoms with Gasteiger partial charge in [0.15, 0.2) is 11.5 Å². The molecule has 0 N–H and O–H groups in total. The van der Waals surface area contributed by atoms with E-state index >= 15 is 0 Å². The van der Waals surface area contributed by atoms with Gasteiger partial charge in [0.2, 0.25) is 0 Å². The Kier molecular flexibility index (Phi) is 5.03. The van der Waals surface area contributed by atoms with Crippen molar-refractivity contribution >= 4 is 17.5 Å². The van der Waals surface area contributed by atoms with Crippen molar-refractivity contribution in [3.05, 3.63) is 75.8 Å². The zero-order valence-corrected chi connectivity index (χ0v) is 12.1. The molecular formula is C17H15NO4. The van der Waals surface area contributed by atoms with Crippen LogP contribution in [0.3, 0.4) is 0 Å². The molecule has 0 aliphatic carbocycles. The second kappa shape index (κ2) is 7.17. The van der Waals surface area contributed by atoms with Crippen molar-refractivity contribution in [2.24, 2.45) is 0 Å². The molecule has 0 atom stereocenters. The molecule has 0 unspecified atom stereocenters. The molecule has 0 aliphatic rings. The van der Waals surface area contributed by atoms with Gasteiger partial charge in [-0.15, -0.1) is 0 Å². The standard InChI is InChI=1S/C17H15NO4/c1-13(19)7-8-14-9-10-16(18(20)21)17(11-14)22-12-15-5-3-2-4-6-15/h2-11H,12H2,1H3. The Morgan fingerprint density at radius 2 is 1.95 bits per heavy atom. The number of ketones is 1. The van der Waals surface area contributed by atoms with Crippen molar-refractivity contribution in [2.45, 2.75) is 13.5 Å². The van der Waals surface area contributed by atoms with Crippen LogP contribution < -0.4 is 4.74 Å². The van der Waals surface area contributed by atoms with Gasteiger partial charge in [-0.25, -0.2) is 0 Å². The Hall–Kier alpha value is -2.95. The summed E-state index contributed by atoms with van der Waals surface area (Å²) in [6, 6.07) is 13.9. The highest BCUT2D eigenvalue weighted by Crippen LogP contribution is 2.29. The van der Waals surface area contributed by atoms with E-state index in [1.54, 1.807) is 18.2 Å². The summed E-state index contributed by atoms with van der Waals surface area (Å²) in [7, 11) is 0. The van der Waals surface area contributed by atoms with Crippen molar-refractivity contribution in [2.75, 3.05) is 0 Å². The molecule has 2 aromatic carbocycles. The fraction of sp³-hybridized carbons (Fsp3) is 0.118. The van der Waals surface area contributed by atoms with E-state index in [1.807, 2.05) is 30.3 Å². The highest BCUT2D eigenvalue weighted by molar-refractivity contribution is 5.91. The molecule has 0 fully saturated rings. The van der Waals surface area contributed by atoms with Gasteiger partial charge < -0.3 is 4.74 Å². The van der Waals surface area contributed by atoms with Gasteiger partial charge in [0.05, 0.1) is 4.92 Å². The number of benzene rings is 2. The number of hydrogen-bond acceptors (Lipinski definition) is 4. The summed E-state index contributed by atoms with van der Waals surface area (Å²) in [6.45, 7) is 1.68. The van der Waals surface area contributed by atoms with Crippen molar-refractivity contribution in [1.29, 1.82) is 0 Å². The molecule has 0 aliphatic heterocycles. The number of carbonyl (C=O) groups excluding carboxylic acids is 1. The van der Waals surface area contributed by atoms with Gasteiger partial charge in [0, 0.05) is 6.07 Å². The molecule has 22 heavy (non-hydrogen) atoms. The molecule has 0 spiro atoms. The van der Waals surface area contributed by atoms with Gasteiger partial charge in [-0.1, -0.05) is 36.4 Å². The SMILES string of the molecule is CC(=O)C=Cc1ccc([N+](=O)[O-])c(OCc2ccccc2)c1. The van der Waals surface area contributed by atoms with Crippen molar-refractivity contribution in [1.82, 2.24) is 0 Å². The van der Waals surface area contributed by atoms with Gasteiger partial charge in [-0.3, -0.25) is 14.9 Å². The summed E-state index contributed by atoms with van der Waals surface area (Å²) in [4.78, 5) is 21.5. The minimum atomic E-state index is -0.487. The topological polar surface area (TPSA) is 69.4 Å². The van der Waals surface area contributed by atoms with Crippen molar-refractivity contribution in [3.63, 3.8) is 0 Å². The Balaban J connectivity index is 2.24. The first-order chi connectivity index (χ1) is 10.6. The lowest BCUT2D eigenvalue weighted by Gasteiger charge is -2.07. The second-order valence-corrected chi connectivity index (χ2v) is 4.70. The smallest absolute Gasteiger partial charge is 0.310 e. The lowest BCUT2D eigenvalue weighted by Crippen LogP contribution is -1.99. The summed E-state index contributed by atoms with van der Waals surface area (Å²) in [6.07, 6.45) is 3.00. The van der Waals surface area contributed by atoms with Crippen LogP contribution in [0.5, 0.6) is 5.75 Å². The number of carbonyl (C=O) groups is 1. The van der Waals surface area contributed by atoms with Crippen LogP contribution in [-0.4, -0.2) is 10.7 Å². The minimum absolute atomic E-state index is 0.0925. The molecule has 2 rings (SSSR count). The van der Waals surface area contributed by atoms with Crippen LogP contribution in [0.25, 0.3) is 6.08 Å². The normalized spacial score (nSPS) is 10.6. The quantitative estimate of drug-likeness (QED) is 0.462. The maximum Gasteiger partial charge on any atom is 0.310 e. The summed E-state index contributed by atoms with van der Waals surface area (Å²) >= 11 is 0. The molecule has 0 saturated carbocycles. The molecule has 2 aromatic rings. The molecular weight excluding hydrogens is 282 g/mol. The predicted molar refractivity (Wildman–Crippen MR) is 83.6 cm³/mol. The van der Waals surface area contributed by atoms with Crippen LogP contribution in [0.1, 0.15) is 18.1 Å². The first-order valence-corrected chi connectivity index (χ1v) is 6.70. The van der Waals surface area contributed by atoms with Gasteiger partial charge in [-0.2, -0.15) is 0 Å². The predicted octanol–water partition coefficient (Wildman–Crippen LogP) is 3.78. The average molecular weight is 297 g/mol. The van der Waals surface area contributed by atoms with Gasteiger partial charge in [0.1, 0.15) is 6.61 Å². The van der Waals surface area contributed by atoms with Crippen LogP contribution in [-0.2, 0) is 11.4 Å². The highest BCUT2D eigenvalue weighted by Gasteiger charge is 2.15.